The smallest absolute Gasteiger partial charge is 0.416 e. The van der Waals surface area contributed by atoms with Crippen LogP contribution in [0.3, 0.4) is 0 Å². The molecule has 1 aromatic carbocycles. The van der Waals surface area contributed by atoms with E-state index in [4.69, 9.17) is 4.42 Å². The molecule has 2 aromatic rings. The number of hydrogen-bond donors (Lipinski definition) is 0. The highest BCUT2D eigenvalue weighted by Crippen LogP contribution is 2.29. The topological polar surface area (TPSA) is 30.2 Å². The molecule has 0 fully saturated rings. The van der Waals surface area contributed by atoms with Crippen LogP contribution in [0.4, 0.5) is 13.2 Å². The largest absolute Gasteiger partial charge is 0.446 e. The second-order valence-electron chi connectivity index (χ2n) is 3.51. The number of halogens is 4. The normalized spacial score (nSPS) is 11.6. The minimum atomic E-state index is -4.41. The van der Waals surface area contributed by atoms with E-state index in [-0.39, 0.29) is 11.3 Å². The fourth-order valence-corrected chi connectivity index (χ4v) is 1.70. The number of ketones is 1. The molecule has 0 aliphatic carbocycles. The van der Waals surface area contributed by atoms with Crippen LogP contribution in [0.15, 0.2) is 45.5 Å². The predicted octanol–water partition coefficient (Wildman–Crippen LogP) is 4.29. The minimum absolute atomic E-state index is 0.0710. The third-order valence-corrected chi connectivity index (χ3v) is 2.70. The van der Waals surface area contributed by atoms with Gasteiger partial charge >= 0.3 is 6.18 Å². The van der Waals surface area contributed by atoms with Crippen molar-refractivity contribution in [3.05, 3.63) is 58.0 Å². The van der Waals surface area contributed by atoms with Crippen molar-refractivity contribution in [1.29, 1.82) is 0 Å². The maximum absolute atomic E-state index is 12.3. The van der Waals surface area contributed by atoms with Crippen LogP contribution in [-0.2, 0) is 6.18 Å². The number of carbonyl (C=O) groups excluding carboxylic acids is 1. The molecule has 0 aliphatic heterocycles. The zero-order valence-electron chi connectivity index (χ0n) is 8.79. The molecule has 0 radical (unpaired) electrons. The molecule has 0 bridgehead atoms. The molecule has 94 valence electrons. The van der Waals surface area contributed by atoms with E-state index in [0.717, 1.165) is 24.3 Å². The van der Waals surface area contributed by atoms with Crippen LogP contribution < -0.4 is 0 Å². The summed E-state index contributed by atoms with van der Waals surface area (Å²) in [7, 11) is 0. The lowest BCUT2D eigenvalue weighted by Crippen LogP contribution is -2.06. The molecular weight excluding hydrogens is 313 g/mol. The molecule has 18 heavy (non-hydrogen) atoms. The van der Waals surface area contributed by atoms with Gasteiger partial charge in [0, 0.05) is 5.56 Å². The van der Waals surface area contributed by atoms with Gasteiger partial charge in [0.2, 0.25) is 5.78 Å². The number of furan rings is 1. The Morgan fingerprint density at radius 2 is 1.67 bits per heavy atom. The van der Waals surface area contributed by atoms with Gasteiger partial charge < -0.3 is 4.42 Å². The lowest BCUT2D eigenvalue weighted by molar-refractivity contribution is -0.137. The molecule has 6 heteroatoms. The van der Waals surface area contributed by atoms with Gasteiger partial charge in [-0.25, -0.2) is 0 Å². The summed E-state index contributed by atoms with van der Waals surface area (Å²) in [6.45, 7) is 0. The molecule has 1 heterocycles. The van der Waals surface area contributed by atoms with Crippen molar-refractivity contribution in [3.8, 4) is 0 Å². The van der Waals surface area contributed by atoms with Crippen molar-refractivity contribution in [2.45, 2.75) is 6.18 Å². The van der Waals surface area contributed by atoms with Gasteiger partial charge in [-0.15, -0.1) is 0 Å². The number of benzene rings is 1. The van der Waals surface area contributed by atoms with Crippen LogP contribution in [0, 0.1) is 0 Å². The van der Waals surface area contributed by atoms with Crippen molar-refractivity contribution >= 4 is 21.7 Å². The molecule has 2 rings (SSSR count). The second-order valence-corrected chi connectivity index (χ2v) is 4.29. The zero-order chi connectivity index (χ0) is 13.3. The van der Waals surface area contributed by atoms with Crippen LogP contribution in [0.1, 0.15) is 21.7 Å². The minimum Gasteiger partial charge on any atom is -0.446 e. The highest BCUT2D eigenvalue weighted by molar-refractivity contribution is 9.10. The van der Waals surface area contributed by atoms with Crippen LogP contribution >= 0.6 is 15.9 Å². The van der Waals surface area contributed by atoms with Gasteiger partial charge in [-0.2, -0.15) is 13.2 Å². The van der Waals surface area contributed by atoms with Gasteiger partial charge in [-0.3, -0.25) is 4.79 Å². The van der Waals surface area contributed by atoms with Crippen LogP contribution in [0.25, 0.3) is 0 Å². The van der Waals surface area contributed by atoms with E-state index in [1.807, 2.05) is 0 Å². The highest BCUT2D eigenvalue weighted by Gasteiger charge is 2.30. The van der Waals surface area contributed by atoms with E-state index in [0.29, 0.717) is 4.67 Å². The summed E-state index contributed by atoms with van der Waals surface area (Å²) in [5.74, 6) is -0.393. The van der Waals surface area contributed by atoms with Gasteiger partial charge in [0.25, 0.3) is 0 Å². The Kier molecular flexibility index (Phi) is 3.30. The van der Waals surface area contributed by atoms with Crippen LogP contribution in [0.2, 0.25) is 0 Å². The van der Waals surface area contributed by atoms with Crippen molar-refractivity contribution in [2.24, 2.45) is 0 Å². The van der Waals surface area contributed by atoms with Gasteiger partial charge in [-0.05, 0) is 40.2 Å². The Hall–Kier alpha value is -1.56. The van der Waals surface area contributed by atoms with Crippen molar-refractivity contribution in [2.75, 3.05) is 0 Å². The fraction of sp³-hybridized carbons (Fsp3) is 0.0833. The Morgan fingerprint density at radius 3 is 2.11 bits per heavy atom. The first kappa shape index (κ1) is 12.9. The van der Waals surface area contributed by atoms with Gasteiger partial charge in [0.1, 0.15) is 0 Å². The quantitative estimate of drug-likeness (QED) is 0.773. The van der Waals surface area contributed by atoms with E-state index >= 15 is 0 Å². The molecule has 0 saturated heterocycles. The molecule has 1 aromatic heterocycles. The van der Waals surface area contributed by atoms with Crippen molar-refractivity contribution in [3.63, 3.8) is 0 Å². The molecule has 0 saturated carbocycles. The lowest BCUT2D eigenvalue weighted by atomic mass is 10.1. The van der Waals surface area contributed by atoms with E-state index in [1.54, 1.807) is 0 Å². The van der Waals surface area contributed by atoms with E-state index in [1.165, 1.54) is 12.1 Å². The number of rotatable bonds is 2. The zero-order valence-corrected chi connectivity index (χ0v) is 10.4. The van der Waals surface area contributed by atoms with Crippen LogP contribution in [0.5, 0.6) is 0 Å². The average Bonchev–Trinajstić information content (AvgIpc) is 2.74. The third-order valence-electron chi connectivity index (χ3n) is 2.27. The maximum Gasteiger partial charge on any atom is 0.416 e. The van der Waals surface area contributed by atoms with E-state index in [9.17, 15) is 18.0 Å². The number of carbonyl (C=O) groups is 1. The molecule has 0 unspecified atom stereocenters. The Balaban J connectivity index is 2.28. The first-order valence-corrected chi connectivity index (χ1v) is 5.64. The fourth-order valence-electron chi connectivity index (χ4n) is 1.39. The van der Waals surface area contributed by atoms with Gasteiger partial charge in [0.15, 0.2) is 10.4 Å². The standard InChI is InChI=1S/C12H6BrF3O2/c13-10-6-5-9(18-10)11(17)7-1-3-8(4-2-7)12(14,15)16/h1-6H. The predicted molar refractivity (Wildman–Crippen MR) is 61.3 cm³/mol. The van der Waals surface area contributed by atoms with Crippen molar-refractivity contribution in [1.82, 2.24) is 0 Å². The van der Waals surface area contributed by atoms with Gasteiger partial charge in [0.05, 0.1) is 5.56 Å². The monoisotopic (exact) mass is 318 g/mol. The Labute approximate surface area is 109 Å². The summed E-state index contributed by atoms with van der Waals surface area (Å²) in [5, 5.41) is 0. The maximum atomic E-state index is 12.3. The molecule has 0 aliphatic rings. The summed E-state index contributed by atoms with van der Waals surface area (Å²) in [6.07, 6.45) is -4.41. The number of alkyl halides is 3. The van der Waals surface area contributed by atoms with E-state index < -0.39 is 17.5 Å². The highest BCUT2D eigenvalue weighted by atomic mass is 79.9. The third kappa shape index (κ3) is 2.64. The summed E-state index contributed by atoms with van der Waals surface area (Å²) in [6, 6.07) is 6.97. The first-order chi connectivity index (χ1) is 8.38. The van der Waals surface area contributed by atoms with Crippen LogP contribution in [-0.4, -0.2) is 5.78 Å². The molecule has 0 amide bonds. The lowest BCUT2D eigenvalue weighted by Gasteiger charge is -2.06. The van der Waals surface area contributed by atoms with E-state index in [2.05, 4.69) is 15.9 Å². The summed E-state index contributed by atoms with van der Waals surface area (Å²) >= 11 is 3.04. The second kappa shape index (κ2) is 4.61. The van der Waals surface area contributed by atoms with Gasteiger partial charge in [-0.1, -0.05) is 12.1 Å². The molecule has 0 atom stereocenters. The summed E-state index contributed by atoms with van der Waals surface area (Å²) in [4.78, 5) is 11.8. The molecule has 0 spiro atoms. The molecule has 2 nitrogen and oxygen atoms in total. The molecular formula is C12H6BrF3O2. The SMILES string of the molecule is O=C(c1ccc(C(F)(F)F)cc1)c1ccc(Br)o1. The summed E-state index contributed by atoms with van der Waals surface area (Å²) in [5.41, 5.74) is -0.649. The summed E-state index contributed by atoms with van der Waals surface area (Å²) < 4.78 is 42.4. The van der Waals surface area contributed by atoms with Crippen molar-refractivity contribution < 1.29 is 22.4 Å². The Bertz CT molecular complexity index is 570. The first-order valence-electron chi connectivity index (χ1n) is 4.85. The Morgan fingerprint density at radius 1 is 1.06 bits per heavy atom. The molecule has 0 N–H and O–H groups in total. The average molecular weight is 319 g/mol. The number of hydrogen-bond acceptors (Lipinski definition) is 2.